The fourth-order valence-electron chi connectivity index (χ4n) is 3.47. The lowest BCUT2D eigenvalue weighted by Gasteiger charge is -2.28. The van der Waals surface area contributed by atoms with Gasteiger partial charge >= 0.3 is 0 Å². The largest absolute Gasteiger partial charge is 0.373 e. The van der Waals surface area contributed by atoms with Crippen LogP contribution >= 0.6 is 0 Å². The van der Waals surface area contributed by atoms with Gasteiger partial charge in [-0.3, -0.25) is 0 Å². The van der Waals surface area contributed by atoms with Gasteiger partial charge in [0.2, 0.25) is 0 Å². The van der Waals surface area contributed by atoms with E-state index < -0.39 is 0 Å². The number of aromatic nitrogens is 2. The van der Waals surface area contributed by atoms with Gasteiger partial charge in [0, 0.05) is 24.2 Å². The minimum atomic E-state index is 0.570. The molecule has 1 heterocycles. The molecule has 0 atom stereocenters. The third-order valence-corrected chi connectivity index (χ3v) is 4.74. The van der Waals surface area contributed by atoms with Gasteiger partial charge in [0.1, 0.15) is 11.6 Å². The molecule has 0 bridgehead atoms. The van der Waals surface area contributed by atoms with E-state index in [4.69, 9.17) is 9.97 Å². The molecule has 0 unspecified atom stereocenters. The number of nitrogens with zero attached hydrogens (tertiary/aromatic N) is 2. The maximum atomic E-state index is 4.84. The van der Waals surface area contributed by atoms with Crippen molar-refractivity contribution in [1.29, 1.82) is 0 Å². The van der Waals surface area contributed by atoms with E-state index in [1.807, 2.05) is 7.05 Å². The molecule has 0 aliphatic heterocycles. The van der Waals surface area contributed by atoms with Crippen LogP contribution in [0.3, 0.4) is 0 Å². The Morgan fingerprint density at radius 1 is 1.10 bits per heavy atom. The van der Waals surface area contributed by atoms with E-state index in [2.05, 4.69) is 26.1 Å². The average molecular weight is 275 g/mol. The van der Waals surface area contributed by atoms with Gasteiger partial charge in [-0.1, -0.05) is 26.7 Å². The molecule has 1 aromatic heterocycles. The number of aryl methyl sites for hydroxylation is 1. The predicted molar refractivity (Wildman–Crippen MR) is 85.3 cm³/mol. The lowest BCUT2D eigenvalue weighted by molar-refractivity contribution is 0.302. The van der Waals surface area contributed by atoms with Crippen LogP contribution in [0, 0.1) is 12.8 Å². The van der Waals surface area contributed by atoms with Crippen LogP contribution in [0.15, 0.2) is 0 Å². The van der Waals surface area contributed by atoms with Gasteiger partial charge < -0.3 is 5.32 Å². The molecule has 1 fully saturated rings. The zero-order chi connectivity index (χ0) is 14.5. The quantitative estimate of drug-likeness (QED) is 0.862. The summed E-state index contributed by atoms with van der Waals surface area (Å²) in [6, 6.07) is 0. The van der Waals surface area contributed by atoms with E-state index in [1.54, 1.807) is 0 Å². The predicted octanol–water partition coefficient (Wildman–Crippen LogP) is 4.46. The van der Waals surface area contributed by atoms with Crippen molar-refractivity contribution in [2.75, 3.05) is 12.4 Å². The van der Waals surface area contributed by atoms with E-state index >= 15 is 0 Å². The van der Waals surface area contributed by atoms with Crippen molar-refractivity contribution >= 4 is 5.82 Å². The fraction of sp³-hybridized carbons (Fsp3) is 0.765. The number of hydrogen-bond donors (Lipinski definition) is 1. The highest BCUT2D eigenvalue weighted by Crippen LogP contribution is 2.36. The van der Waals surface area contributed by atoms with Gasteiger partial charge in [-0.05, 0) is 44.9 Å². The topological polar surface area (TPSA) is 37.8 Å². The second-order valence-corrected chi connectivity index (χ2v) is 6.11. The lowest BCUT2D eigenvalue weighted by Crippen LogP contribution is -2.17. The minimum Gasteiger partial charge on any atom is -0.373 e. The van der Waals surface area contributed by atoms with Crippen LogP contribution in [-0.2, 0) is 6.42 Å². The number of rotatable bonds is 5. The molecule has 3 nitrogen and oxygen atoms in total. The first kappa shape index (κ1) is 15.3. The first-order chi connectivity index (χ1) is 9.69. The Labute approximate surface area is 123 Å². The summed E-state index contributed by atoms with van der Waals surface area (Å²) >= 11 is 0. The molecule has 0 amide bonds. The Balaban J connectivity index is 2.13. The summed E-state index contributed by atoms with van der Waals surface area (Å²) in [4.78, 5) is 9.61. The zero-order valence-corrected chi connectivity index (χ0v) is 13.5. The molecular formula is C17H29N3. The highest BCUT2D eigenvalue weighted by Gasteiger charge is 2.24. The zero-order valence-electron chi connectivity index (χ0n) is 13.5. The summed E-state index contributed by atoms with van der Waals surface area (Å²) in [6.07, 6.45) is 8.93. The van der Waals surface area contributed by atoms with Crippen LogP contribution < -0.4 is 5.32 Å². The highest BCUT2D eigenvalue weighted by atomic mass is 15.0. The normalized spacial score (nSPS) is 22.8. The van der Waals surface area contributed by atoms with Crippen LogP contribution in [0.4, 0.5) is 5.82 Å². The van der Waals surface area contributed by atoms with Crippen LogP contribution in [0.1, 0.15) is 75.4 Å². The van der Waals surface area contributed by atoms with E-state index in [1.165, 1.54) is 49.8 Å². The Bertz CT molecular complexity index is 409. The van der Waals surface area contributed by atoms with Gasteiger partial charge in [-0.25, -0.2) is 9.97 Å². The molecule has 3 heteroatoms. The fourth-order valence-corrected chi connectivity index (χ4v) is 3.47. The molecule has 1 aliphatic carbocycles. The van der Waals surface area contributed by atoms with Gasteiger partial charge in [-0.2, -0.15) is 0 Å². The smallest absolute Gasteiger partial charge is 0.134 e. The van der Waals surface area contributed by atoms with Crippen molar-refractivity contribution in [1.82, 2.24) is 9.97 Å². The molecule has 1 saturated carbocycles. The second-order valence-electron chi connectivity index (χ2n) is 6.11. The van der Waals surface area contributed by atoms with Gasteiger partial charge in [-0.15, -0.1) is 0 Å². The summed E-state index contributed by atoms with van der Waals surface area (Å²) in [7, 11) is 1.96. The molecule has 0 spiro atoms. The Kier molecular flexibility index (Phi) is 5.38. The van der Waals surface area contributed by atoms with Crippen LogP contribution in [0.2, 0.25) is 0 Å². The number of nitrogens with one attached hydrogen (secondary N) is 1. The van der Waals surface area contributed by atoms with Crippen molar-refractivity contribution in [3.63, 3.8) is 0 Å². The van der Waals surface area contributed by atoms with E-state index in [0.29, 0.717) is 5.92 Å². The lowest BCUT2D eigenvalue weighted by atomic mass is 9.79. The molecule has 112 valence electrons. The molecule has 20 heavy (non-hydrogen) atoms. The highest BCUT2D eigenvalue weighted by molar-refractivity contribution is 5.45. The SMILES string of the molecule is CCCC1CCC(c2nc(CC)c(C)c(NC)n2)CC1. The van der Waals surface area contributed by atoms with Crippen LogP contribution in [0.25, 0.3) is 0 Å². The first-order valence-electron chi connectivity index (χ1n) is 8.24. The molecule has 1 N–H and O–H groups in total. The monoisotopic (exact) mass is 275 g/mol. The molecule has 0 aromatic carbocycles. The Hall–Kier alpha value is -1.12. The summed E-state index contributed by atoms with van der Waals surface area (Å²) in [5, 5.41) is 3.23. The van der Waals surface area contributed by atoms with Crippen molar-refractivity contribution in [3.05, 3.63) is 17.1 Å². The van der Waals surface area contributed by atoms with Gasteiger partial charge in [0.25, 0.3) is 0 Å². The molecule has 1 aliphatic rings. The Morgan fingerprint density at radius 2 is 1.80 bits per heavy atom. The summed E-state index contributed by atoms with van der Waals surface area (Å²) in [6.45, 7) is 6.59. The maximum absolute atomic E-state index is 4.84. The third kappa shape index (κ3) is 3.31. The number of hydrogen-bond acceptors (Lipinski definition) is 3. The molecule has 0 radical (unpaired) electrons. The van der Waals surface area contributed by atoms with Gasteiger partial charge in [0.15, 0.2) is 0 Å². The molecule has 1 aromatic rings. The van der Waals surface area contributed by atoms with Crippen molar-refractivity contribution in [3.8, 4) is 0 Å². The first-order valence-corrected chi connectivity index (χ1v) is 8.24. The van der Waals surface area contributed by atoms with Gasteiger partial charge in [0.05, 0.1) is 0 Å². The van der Waals surface area contributed by atoms with E-state index in [0.717, 1.165) is 24.0 Å². The van der Waals surface area contributed by atoms with Crippen LogP contribution in [0.5, 0.6) is 0 Å². The van der Waals surface area contributed by atoms with Crippen molar-refractivity contribution in [2.45, 2.75) is 71.6 Å². The molecule has 2 rings (SSSR count). The van der Waals surface area contributed by atoms with Crippen LogP contribution in [-0.4, -0.2) is 17.0 Å². The second kappa shape index (κ2) is 7.05. The van der Waals surface area contributed by atoms with E-state index in [9.17, 15) is 0 Å². The summed E-state index contributed by atoms with van der Waals surface area (Å²) in [5.74, 6) is 3.60. The summed E-state index contributed by atoms with van der Waals surface area (Å²) < 4.78 is 0. The minimum absolute atomic E-state index is 0.570. The standard InChI is InChI=1S/C17H29N3/c1-5-7-13-8-10-14(11-9-13)17-19-15(6-2)12(3)16(18-4)20-17/h13-14H,5-11H2,1-4H3,(H,18,19,20). The van der Waals surface area contributed by atoms with E-state index in [-0.39, 0.29) is 0 Å². The molecule has 0 saturated heterocycles. The Morgan fingerprint density at radius 3 is 2.35 bits per heavy atom. The molecular weight excluding hydrogens is 246 g/mol. The average Bonchev–Trinajstić information content (AvgIpc) is 2.49. The third-order valence-electron chi connectivity index (χ3n) is 4.74. The van der Waals surface area contributed by atoms with Crippen molar-refractivity contribution in [2.24, 2.45) is 5.92 Å². The summed E-state index contributed by atoms with van der Waals surface area (Å²) in [5.41, 5.74) is 2.41. The number of anilines is 1. The van der Waals surface area contributed by atoms with Crippen molar-refractivity contribution < 1.29 is 0 Å². The maximum Gasteiger partial charge on any atom is 0.134 e.